The summed E-state index contributed by atoms with van der Waals surface area (Å²) in [5.74, 6) is 2.63. The van der Waals surface area contributed by atoms with Crippen LogP contribution in [-0.4, -0.2) is 11.3 Å². The molecule has 0 aliphatic rings. The summed E-state index contributed by atoms with van der Waals surface area (Å²) in [5.41, 5.74) is 3.24. The zero-order valence-electron chi connectivity index (χ0n) is 18.7. The van der Waals surface area contributed by atoms with Crippen LogP contribution in [0.25, 0.3) is 22.2 Å². The van der Waals surface area contributed by atoms with E-state index in [1.807, 2.05) is 97.9 Å². The first kappa shape index (κ1) is 21.5. The van der Waals surface area contributed by atoms with Gasteiger partial charge in [-0.3, -0.25) is 4.79 Å². The van der Waals surface area contributed by atoms with E-state index in [0.29, 0.717) is 30.4 Å². The zero-order chi connectivity index (χ0) is 23.3. The van der Waals surface area contributed by atoms with Crippen LogP contribution in [0.3, 0.4) is 0 Å². The molecule has 5 nitrogen and oxygen atoms in total. The van der Waals surface area contributed by atoms with Crippen LogP contribution in [-0.2, 0) is 13.2 Å². The second kappa shape index (κ2) is 9.63. The van der Waals surface area contributed by atoms with Crippen molar-refractivity contribution in [2.24, 2.45) is 0 Å². The SMILES string of the molecule is Cc1oc(-c2ccccc2)nc1COc1ccc(COc2ccc3ccccc3c2C=O)cc1. The highest BCUT2D eigenvalue weighted by atomic mass is 16.5. The van der Waals surface area contributed by atoms with Crippen molar-refractivity contribution in [3.8, 4) is 23.0 Å². The van der Waals surface area contributed by atoms with Crippen molar-refractivity contribution < 1.29 is 18.7 Å². The molecule has 0 spiro atoms. The predicted octanol–water partition coefficient (Wildman–Crippen LogP) is 6.77. The molecule has 0 radical (unpaired) electrons. The Balaban J connectivity index is 1.22. The van der Waals surface area contributed by atoms with E-state index in [-0.39, 0.29) is 0 Å². The lowest BCUT2D eigenvalue weighted by molar-refractivity contribution is 0.112. The molecule has 5 aromatic rings. The Morgan fingerprint density at radius 2 is 1.59 bits per heavy atom. The van der Waals surface area contributed by atoms with E-state index in [4.69, 9.17) is 13.9 Å². The van der Waals surface area contributed by atoms with Gasteiger partial charge in [-0.1, -0.05) is 60.7 Å². The Kier molecular flexibility index (Phi) is 6.08. The van der Waals surface area contributed by atoms with Crippen molar-refractivity contribution in [3.63, 3.8) is 0 Å². The van der Waals surface area contributed by atoms with Crippen LogP contribution in [0.2, 0.25) is 0 Å². The summed E-state index contributed by atoms with van der Waals surface area (Å²) in [6.07, 6.45) is 0.851. The third kappa shape index (κ3) is 4.55. The standard InChI is InChI=1S/C29H23NO4/c1-20-27(30-29(34-20)23-8-3-2-4-9-23)19-32-24-14-11-21(12-15-24)18-33-28-16-13-22-7-5-6-10-25(22)26(28)17-31/h2-17H,18-19H2,1H3. The van der Waals surface area contributed by atoms with Crippen molar-refractivity contribution in [1.82, 2.24) is 4.98 Å². The third-order valence-corrected chi connectivity index (χ3v) is 5.66. The molecule has 1 heterocycles. The van der Waals surface area contributed by atoms with E-state index in [1.165, 1.54) is 0 Å². The average Bonchev–Trinajstić information content (AvgIpc) is 3.27. The summed E-state index contributed by atoms with van der Waals surface area (Å²) in [4.78, 5) is 16.3. The monoisotopic (exact) mass is 449 g/mol. The molecule has 4 aromatic carbocycles. The minimum atomic E-state index is 0.317. The lowest BCUT2D eigenvalue weighted by Gasteiger charge is -2.11. The second-order valence-corrected chi connectivity index (χ2v) is 7.93. The minimum absolute atomic E-state index is 0.317. The van der Waals surface area contributed by atoms with Gasteiger partial charge in [-0.25, -0.2) is 4.98 Å². The van der Waals surface area contributed by atoms with E-state index in [1.54, 1.807) is 0 Å². The highest BCUT2D eigenvalue weighted by Crippen LogP contribution is 2.28. The topological polar surface area (TPSA) is 61.6 Å². The molecular weight excluding hydrogens is 426 g/mol. The number of benzene rings is 4. The van der Waals surface area contributed by atoms with Gasteiger partial charge in [0.2, 0.25) is 5.89 Å². The van der Waals surface area contributed by atoms with E-state index >= 15 is 0 Å². The predicted molar refractivity (Wildman–Crippen MR) is 131 cm³/mol. The largest absolute Gasteiger partial charge is 0.488 e. The Morgan fingerprint density at radius 3 is 2.38 bits per heavy atom. The zero-order valence-corrected chi connectivity index (χ0v) is 18.7. The molecule has 0 unspecified atom stereocenters. The number of carbonyl (C=O) groups is 1. The molecule has 0 atom stereocenters. The van der Waals surface area contributed by atoms with Gasteiger partial charge in [0.15, 0.2) is 6.29 Å². The molecule has 5 heteroatoms. The van der Waals surface area contributed by atoms with E-state index in [2.05, 4.69) is 4.98 Å². The van der Waals surface area contributed by atoms with Crippen molar-refractivity contribution in [3.05, 3.63) is 114 Å². The van der Waals surface area contributed by atoms with Crippen LogP contribution < -0.4 is 9.47 Å². The third-order valence-electron chi connectivity index (χ3n) is 5.66. The van der Waals surface area contributed by atoms with Crippen LogP contribution in [0, 0.1) is 6.92 Å². The number of aryl methyl sites for hydroxylation is 1. The fourth-order valence-corrected chi connectivity index (χ4v) is 3.78. The Hall–Kier alpha value is -4.38. The molecule has 0 amide bonds. The van der Waals surface area contributed by atoms with Crippen LogP contribution in [0.4, 0.5) is 0 Å². The molecule has 34 heavy (non-hydrogen) atoms. The quantitative estimate of drug-likeness (QED) is 0.245. The van der Waals surface area contributed by atoms with Crippen LogP contribution in [0.5, 0.6) is 11.5 Å². The molecular formula is C29H23NO4. The first-order valence-electron chi connectivity index (χ1n) is 11.0. The van der Waals surface area contributed by atoms with Gasteiger partial charge in [0.05, 0.1) is 5.56 Å². The second-order valence-electron chi connectivity index (χ2n) is 7.93. The fraction of sp³-hybridized carbons (Fsp3) is 0.103. The van der Waals surface area contributed by atoms with E-state index in [9.17, 15) is 4.79 Å². The molecule has 0 bridgehead atoms. The maximum absolute atomic E-state index is 11.7. The summed E-state index contributed by atoms with van der Waals surface area (Å²) in [5, 5.41) is 1.90. The summed E-state index contributed by atoms with van der Waals surface area (Å²) >= 11 is 0. The normalized spacial score (nSPS) is 10.9. The van der Waals surface area contributed by atoms with Crippen molar-refractivity contribution in [2.75, 3.05) is 0 Å². The molecule has 168 valence electrons. The highest BCUT2D eigenvalue weighted by molar-refractivity contribution is 6.00. The van der Waals surface area contributed by atoms with E-state index < -0.39 is 0 Å². The lowest BCUT2D eigenvalue weighted by atomic mass is 10.0. The van der Waals surface area contributed by atoms with Gasteiger partial charge in [0.25, 0.3) is 0 Å². The average molecular weight is 450 g/mol. The molecule has 0 N–H and O–H groups in total. The molecule has 5 rings (SSSR count). The number of aromatic nitrogens is 1. The number of hydrogen-bond donors (Lipinski definition) is 0. The molecule has 0 aliphatic carbocycles. The number of ether oxygens (including phenoxy) is 2. The Labute approximate surface area is 197 Å². The van der Waals surface area contributed by atoms with Gasteiger partial charge in [0, 0.05) is 5.56 Å². The van der Waals surface area contributed by atoms with Gasteiger partial charge in [-0.05, 0) is 53.6 Å². The Morgan fingerprint density at radius 1 is 0.824 bits per heavy atom. The molecule has 0 aliphatic heterocycles. The number of fused-ring (bicyclic) bond motifs is 1. The van der Waals surface area contributed by atoms with Gasteiger partial charge < -0.3 is 13.9 Å². The molecule has 1 aromatic heterocycles. The fourth-order valence-electron chi connectivity index (χ4n) is 3.78. The molecule has 0 saturated heterocycles. The van der Waals surface area contributed by atoms with Gasteiger partial charge >= 0.3 is 0 Å². The maximum Gasteiger partial charge on any atom is 0.226 e. The minimum Gasteiger partial charge on any atom is -0.488 e. The number of hydrogen-bond acceptors (Lipinski definition) is 5. The van der Waals surface area contributed by atoms with Gasteiger partial charge in [-0.2, -0.15) is 0 Å². The van der Waals surface area contributed by atoms with Gasteiger partial charge in [0.1, 0.15) is 36.2 Å². The number of rotatable bonds is 8. The number of oxazole rings is 1. The summed E-state index contributed by atoms with van der Waals surface area (Å²) in [6.45, 7) is 2.55. The van der Waals surface area contributed by atoms with Crippen LogP contribution in [0.1, 0.15) is 27.4 Å². The molecule has 0 fully saturated rings. The highest BCUT2D eigenvalue weighted by Gasteiger charge is 2.12. The maximum atomic E-state index is 11.7. The summed E-state index contributed by atoms with van der Waals surface area (Å²) in [6, 6.07) is 29.1. The van der Waals surface area contributed by atoms with E-state index in [0.717, 1.165) is 45.4 Å². The van der Waals surface area contributed by atoms with Crippen molar-refractivity contribution in [1.29, 1.82) is 0 Å². The van der Waals surface area contributed by atoms with Crippen molar-refractivity contribution in [2.45, 2.75) is 20.1 Å². The van der Waals surface area contributed by atoms with Crippen LogP contribution in [0.15, 0.2) is 95.4 Å². The Bertz CT molecular complexity index is 1420. The number of aldehydes is 1. The molecule has 0 saturated carbocycles. The summed E-state index contributed by atoms with van der Waals surface area (Å²) < 4.78 is 17.7. The first-order chi connectivity index (χ1) is 16.7. The van der Waals surface area contributed by atoms with Gasteiger partial charge in [-0.15, -0.1) is 0 Å². The van der Waals surface area contributed by atoms with Crippen LogP contribution >= 0.6 is 0 Å². The number of carbonyl (C=O) groups excluding carboxylic acids is 1. The van der Waals surface area contributed by atoms with Crippen molar-refractivity contribution >= 4 is 17.1 Å². The smallest absolute Gasteiger partial charge is 0.226 e. The lowest BCUT2D eigenvalue weighted by Crippen LogP contribution is -2.00. The summed E-state index contributed by atoms with van der Waals surface area (Å²) in [7, 11) is 0. The first-order valence-corrected chi connectivity index (χ1v) is 11.0. The number of nitrogens with zero attached hydrogens (tertiary/aromatic N) is 1.